The molecule has 2 aliphatic rings. The van der Waals surface area contributed by atoms with Gasteiger partial charge in [0.25, 0.3) is 0 Å². The summed E-state index contributed by atoms with van der Waals surface area (Å²) in [5, 5.41) is 13.6. The predicted molar refractivity (Wildman–Crippen MR) is 124 cm³/mol. The van der Waals surface area contributed by atoms with Crippen LogP contribution in [0, 0.1) is 0 Å². The Morgan fingerprint density at radius 1 is 1.31 bits per heavy atom. The second-order valence-corrected chi connectivity index (χ2v) is 9.38. The lowest BCUT2D eigenvalue weighted by atomic mass is 10.1. The number of hydrogen-bond acceptors (Lipinski definition) is 7. The molecule has 32 heavy (non-hydrogen) atoms. The van der Waals surface area contributed by atoms with Gasteiger partial charge in [0.2, 0.25) is 11.9 Å². The molecular formula is C23H30ClN5O3. The number of ether oxygens (including phenoxy) is 1. The van der Waals surface area contributed by atoms with Gasteiger partial charge in [-0.2, -0.15) is 4.98 Å². The van der Waals surface area contributed by atoms with Crippen LogP contribution in [0.25, 0.3) is 0 Å². The van der Waals surface area contributed by atoms with E-state index in [2.05, 4.69) is 15.2 Å². The average Bonchev–Trinajstić information content (AvgIpc) is 3.34. The summed E-state index contributed by atoms with van der Waals surface area (Å²) in [5.74, 6) is 2.04. The molecule has 2 aliphatic heterocycles. The minimum atomic E-state index is -0.717. The number of β-amino-alcohol motifs (C(OH)–C–C–N with tert-alkyl or cyclic N) is 1. The molecule has 0 aliphatic carbocycles. The standard InChI is InChI=1S/C23H30ClN5O3/c1-15(26-16(2)30)17-4-6-18(7-5-17)32-19-8-10-28(13-19)21-20(24)12-25-22(27-21)29-11-9-23(3,31)14-29/h4-7,12,15,19,31H,8-11,13-14H2,1-3H3,(H,26,30)/t15-,19+,23?/m0/s1. The third-order valence-corrected chi connectivity index (χ3v) is 6.26. The van der Waals surface area contributed by atoms with E-state index in [1.807, 2.05) is 43.0 Å². The number of carbonyl (C=O) groups is 1. The Kier molecular flexibility index (Phi) is 6.44. The highest BCUT2D eigenvalue weighted by Crippen LogP contribution is 2.31. The van der Waals surface area contributed by atoms with E-state index in [0.717, 1.165) is 30.8 Å². The molecule has 0 bridgehead atoms. The Labute approximate surface area is 193 Å². The van der Waals surface area contributed by atoms with Gasteiger partial charge in [-0.25, -0.2) is 4.98 Å². The number of benzene rings is 1. The minimum absolute atomic E-state index is 0.0237. The van der Waals surface area contributed by atoms with Crippen molar-refractivity contribution in [2.45, 2.75) is 51.4 Å². The number of carbonyl (C=O) groups excluding carboxylic acids is 1. The SMILES string of the molecule is CC(=O)N[C@@H](C)c1ccc(O[C@@H]2CCN(c3nc(N4CCC(C)(O)C4)ncc3Cl)C2)cc1. The smallest absolute Gasteiger partial charge is 0.227 e. The van der Waals surface area contributed by atoms with Crippen LogP contribution in [0.5, 0.6) is 5.75 Å². The van der Waals surface area contributed by atoms with Crippen molar-refractivity contribution in [1.82, 2.24) is 15.3 Å². The fraction of sp³-hybridized carbons (Fsp3) is 0.522. The van der Waals surface area contributed by atoms with Gasteiger partial charge in [0.15, 0.2) is 5.82 Å². The van der Waals surface area contributed by atoms with Crippen molar-refractivity contribution < 1.29 is 14.6 Å². The highest BCUT2D eigenvalue weighted by atomic mass is 35.5. The molecular weight excluding hydrogens is 430 g/mol. The average molecular weight is 460 g/mol. The third-order valence-electron chi connectivity index (χ3n) is 5.99. The largest absolute Gasteiger partial charge is 0.489 e. The zero-order valence-electron chi connectivity index (χ0n) is 18.7. The fourth-order valence-corrected chi connectivity index (χ4v) is 4.48. The number of amides is 1. The monoisotopic (exact) mass is 459 g/mol. The van der Waals surface area contributed by atoms with Gasteiger partial charge >= 0.3 is 0 Å². The van der Waals surface area contributed by atoms with Crippen LogP contribution in [0.3, 0.4) is 0 Å². The zero-order valence-corrected chi connectivity index (χ0v) is 19.5. The normalized spacial score (nSPS) is 24.0. The van der Waals surface area contributed by atoms with Crippen molar-refractivity contribution in [2.24, 2.45) is 0 Å². The molecule has 172 valence electrons. The van der Waals surface area contributed by atoms with E-state index in [-0.39, 0.29) is 18.1 Å². The quantitative estimate of drug-likeness (QED) is 0.686. The van der Waals surface area contributed by atoms with E-state index in [1.165, 1.54) is 6.92 Å². The first-order valence-electron chi connectivity index (χ1n) is 11.0. The van der Waals surface area contributed by atoms with Crippen LogP contribution in [-0.4, -0.2) is 58.9 Å². The highest BCUT2D eigenvalue weighted by molar-refractivity contribution is 6.32. The molecule has 0 saturated carbocycles. The van der Waals surface area contributed by atoms with Crippen molar-refractivity contribution in [3.63, 3.8) is 0 Å². The van der Waals surface area contributed by atoms with Gasteiger partial charge in [-0.1, -0.05) is 23.7 Å². The number of rotatable bonds is 6. The Morgan fingerprint density at radius 2 is 2.06 bits per heavy atom. The van der Waals surface area contributed by atoms with E-state index >= 15 is 0 Å². The van der Waals surface area contributed by atoms with Crippen LogP contribution >= 0.6 is 11.6 Å². The number of aliphatic hydroxyl groups is 1. The first kappa shape index (κ1) is 22.6. The predicted octanol–water partition coefficient (Wildman–Crippen LogP) is 2.95. The van der Waals surface area contributed by atoms with E-state index < -0.39 is 5.60 Å². The van der Waals surface area contributed by atoms with Gasteiger partial charge in [0, 0.05) is 33.0 Å². The number of anilines is 2. The minimum Gasteiger partial charge on any atom is -0.489 e. The summed E-state index contributed by atoms with van der Waals surface area (Å²) >= 11 is 6.42. The Hall–Kier alpha value is -2.58. The number of aromatic nitrogens is 2. The topological polar surface area (TPSA) is 90.8 Å². The van der Waals surface area contributed by atoms with Gasteiger partial charge < -0.3 is 25.0 Å². The lowest BCUT2D eigenvalue weighted by Crippen LogP contribution is -2.31. The van der Waals surface area contributed by atoms with E-state index in [0.29, 0.717) is 36.3 Å². The molecule has 2 N–H and O–H groups in total. The van der Waals surface area contributed by atoms with Crippen molar-refractivity contribution in [2.75, 3.05) is 36.0 Å². The maximum Gasteiger partial charge on any atom is 0.227 e. The van der Waals surface area contributed by atoms with Crippen molar-refractivity contribution in [1.29, 1.82) is 0 Å². The van der Waals surface area contributed by atoms with Gasteiger partial charge in [0.1, 0.15) is 16.9 Å². The summed E-state index contributed by atoms with van der Waals surface area (Å²) in [6.07, 6.45) is 3.21. The molecule has 3 atom stereocenters. The Morgan fingerprint density at radius 3 is 2.72 bits per heavy atom. The summed E-state index contributed by atoms with van der Waals surface area (Å²) in [7, 11) is 0. The van der Waals surface area contributed by atoms with Gasteiger partial charge in [-0.15, -0.1) is 0 Å². The van der Waals surface area contributed by atoms with E-state index in [1.54, 1.807) is 6.20 Å². The van der Waals surface area contributed by atoms with Crippen LogP contribution in [0.2, 0.25) is 5.02 Å². The molecule has 3 heterocycles. The molecule has 9 heteroatoms. The van der Waals surface area contributed by atoms with Crippen LogP contribution in [-0.2, 0) is 4.79 Å². The maximum absolute atomic E-state index is 11.2. The molecule has 8 nitrogen and oxygen atoms in total. The summed E-state index contributed by atoms with van der Waals surface area (Å²) in [6.45, 7) is 8.00. The van der Waals surface area contributed by atoms with E-state index in [9.17, 15) is 9.90 Å². The molecule has 2 aromatic rings. The molecule has 1 unspecified atom stereocenters. The summed E-state index contributed by atoms with van der Waals surface area (Å²) < 4.78 is 6.18. The Bertz CT molecular complexity index is 969. The second kappa shape index (κ2) is 9.11. The summed E-state index contributed by atoms with van der Waals surface area (Å²) in [4.78, 5) is 24.4. The number of nitrogens with one attached hydrogen (secondary N) is 1. The van der Waals surface area contributed by atoms with Gasteiger partial charge in [-0.05, 0) is 38.0 Å². The van der Waals surface area contributed by atoms with E-state index in [4.69, 9.17) is 21.3 Å². The number of halogens is 1. The number of hydrogen-bond donors (Lipinski definition) is 2. The Balaban J connectivity index is 1.38. The molecule has 1 aromatic carbocycles. The van der Waals surface area contributed by atoms with Crippen molar-refractivity contribution >= 4 is 29.3 Å². The molecule has 1 amide bonds. The second-order valence-electron chi connectivity index (χ2n) is 8.98. The first-order valence-corrected chi connectivity index (χ1v) is 11.4. The highest BCUT2D eigenvalue weighted by Gasteiger charge is 2.34. The number of nitrogens with zero attached hydrogens (tertiary/aromatic N) is 4. The zero-order chi connectivity index (χ0) is 22.9. The van der Waals surface area contributed by atoms with Crippen LogP contribution in [0.15, 0.2) is 30.5 Å². The maximum atomic E-state index is 11.2. The van der Waals surface area contributed by atoms with Crippen LogP contribution < -0.4 is 19.9 Å². The third kappa shape index (κ3) is 5.24. The van der Waals surface area contributed by atoms with Gasteiger partial charge in [-0.3, -0.25) is 4.79 Å². The van der Waals surface area contributed by atoms with Crippen LogP contribution in [0.1, 0.15) is 45.2 Å². The molecule has 4 rings (SSSR count). The fourth-order valence-electron chi connectivity index (χ4n) is 4.27. The molecule has 2 saturated heterocycles. The summed E-state index contributed by atoms with van der Waals surface area (Å²) in [6, 6.07) is 7.77. The molecule has 2 fully saturated rings. The lowest BCUT2D eigenvalue weighted by molar-refractivity contribution is -0.119. The van der Waals surface area contributed by atoms with Crippen LogP contribution in [0.4, 0.5) is 11.8 Å². The molecule has 1 aromatic heterocycles. The molecule has 0 spiro atoms. The van der Waals surface area contributed by atoms with Crippen molar-refractivity contribution in [3.8, 4) is 5.75 Å². The summed E-state index contributed by atoms with van der Waals surface area (Å²) in [5.41, 5.74) is 0.312. The first-order chi connectivity index (χ1) is 15.2. The van der Waals surface area contributed by atoms with Crippen molar-refractivity contribution in [3.05, 3.63) is 41.0 Å². The molecule has 0 radical (unpaired) electrons. The van der Waals surface area contributed by atoms with Gasteiger partial charge in [0.05, 0.1) is 24.4 Å². The lowest BCUT2D eigenvalue weighted by Gasteiger charge is -2.23.